The van der Waals surface area contributed by atoms with Gasteiger partial charge in [-0.15, -0.1) is 0 Å². The summed E-state index contributed by atoms with van der Waals surface area (Å²) in [6, 6.07) is 14.8. The van der Waals surface area contributed by atoms with E-state index in [0.717, 1.165) is 11.1 Å². The molecule has 0 spiro atoms. The molecule has 0 aliphatic heterocycles. The SMILES string of the molecule is COc1ccc(C(C)NCC(O)c2ccc(C#N)cc2)cc1OC. The molecule has 2 unspecified atom stereocenters. The van der Waals surface area contributed by atoms with E-state index in [1.54, 1.807) is 38.5 Å². The summed E-state index contributed by atoms with van der Waals surface area (Å²) < 4.78 is 10.6. The number of aliphatic hydroxyl groups is 1. The van der Waals surface area contributed by atoms with Gasteiger partial charge in [0.15, 0.2) is 11.5 Å². The lowest BCUT2D eigenvalue weighted by Crippen LogP contribution is -2.24. The molecule has 2 rings (SSSR count). The summed E-state index contributed by atoms with van der Waals surface area (Å²) in [6.07, 6.45) is -0.639. The Kier molecular flexibility index (Phi) is 6.19. The molecule has 0 radical (unpaired) electrons. The van der Waals surface area contributed by atoms with Gasteiger partial charge < -0.3 is 19.9 Å². The minimum Gasteiger partial charge on any atom is -0.493 e. The zero-order chi connectivity index (χ0) is 17.5. The third kappa shape index (κ3) is 4.25. The average Bonchev–Trinajstić information content (AvgIpc) is 2.65. The van der Waals surface area contributed by atoms with E-state index in [4.69, 9.17) is 14.7 Å². The highest BCUT2D eigenvalue weighted by atomic mass is 16.5. The summed E-state index contributed by atoms with van der Waals surface area (Å²) in [4.78, 5) is 0. The largest absolute Gasteiger partial charge is 0.493 e. The van der Waals surface area contributed by atoms with Crippen molar-refractivity contribution in [2.24, 2.45) is 0 Å². The van der Waals surface area contributed by atoms with Gasteiger partial charge in [-0.25, -0.2) is 0 Å². The van der Waals surface area contributed by atoms with E-state index in [1.165, 1.54) is 0 Å². The van der Waals surface area contributed by atoms with Gasteiger partial charge in [0.1, 0.15) is 0 Å². The minimum atomic E-state index is -0.639. The fraction of sp³-hybridized carbons (Fsp3) is 0.316. The molecule has 0 saturated carbocycles. The fourth-order valence-corrected chi connectivity index (χ4v) is 2.43. The monoisotopic (exact) mass is 326 g/mol. The predicted octanol–water partition coefficient (Wildman–Crippen LogP) is 2.96. The summed E-state index contributed by atoms with van der Waals surface area (Å²) in [6.45, 7) is 2.42. The lowest BCUT2D eigenvalue weighted by atomic mass is 10.1. The molecule has 0 bridgehead atoms. The van der Waals surface area contributed by atoms with Crippen LogP contribution in [0.25, 0.3) is 0 Å². The number of methoxy groups -OCH3 is 2. The Morgan fingerprint density at radius 3 is 2.25 bits per heavy atom. The number of hydrogen-bond donors (Lipinski definition) is 2. The molecule has 2 aromatic rings. The first kappa shape index (κ1) is 17.8. The van der Waals surface area contributed by atoms with Gasteiger partial charge in [0.2, 0.25) is 0 Å². The third-order valence-corrected chi connectivity index (χ3v) is 3.95. The molecule has 0 fully saturated rings. The quantitative estimate of drug-likeness (QED) is 0.818. The van der Waals surface area contributed by atoms with E-state index in [-0.39, 0.29) is 6.04 Å². The first-order chi connectivity index (χ1) is 11.6. The first-order valence-corrected chi connectivity index (χ1v) is 7.72. The van der Waals surface area contributed by atoms with Crippen LogP contribution in [0.5, 0.6) is 11.5 Å². The summed E-state index contributed by atoms with van der Waals surface area (Å²) >= 11 is 0. The smallest absolute Gasteiger partial charge is 0.161 e. The summed E-state index contributed by atoms with van der Waals surface area (Å²) in [7, 11) is 3.21. The van der Waals surface area contributed by atoms with Gasteiger partial charge in [-0.2, -0.15) is 5.26 Å². The molecule has 0 aliphatic rings. The van der Waals surface area contributed by atoms with Gasteiger partial charge in [0.05, 0.1) is 32.0 Å². The number of nitriles is 1. The second kappa shape index (κ2) is 8.34. The molecule has 2 N–H and O–H groups in total. The summed E-state index contributed by atoms with van der Waals surface area (Å²) in [5.41, 5.74) is 2.40. The molecule has 5 nitrogen and oxygen atoms in total. The minimum absolute atomic E-state index is 0.0397. The molecule has 24 heavy (non-hydrogen) atoms. The average molecular weight is 326 g/mol. The lowest BCUT2D eigenvalue weighted by molar-refractivity contribution is 0.171. The van der Waals surface area contributed by atoms with Gasteiger partial charge in [0.25, 0.3) is 0 Å². The summed E-state index contributed by atoms with van der Waals surface area (Å²) in [5.74, 6) is 1.36. The number of aliphatic hydroxyl groups excluding tert-OH is 1. The number of nitrogens with one attached hydrogen (secondary N) is 1. The van der Waals surface area contributed by atoms with Crippen molar-refractivity contribution in [1.29, 1.82) is 5.26 Å². The zero-order valence-electron chi connectivity index (χ0n) is 14.1. The zero-order valence-corrected chi connectivity index (χ0v) is 14.1. The molecule has 0 heterocycles. The van der Waals surface area contributed by atoms with Crippen LogP contribution in [-0.2, 0) is 0 Å². The second-order valence-corrected chi connectivity index (χ2v) is 5.49. The van der Waals surface area contributed by atoms with Crippen LogP contribution in [0.15, 0.2) is 42.5 Å². The maximum Gasteiger partial charge on any atom is 0.161 e. The number of hydrogen-bond acceptors (Lipinski definition) is 5. The molecule has 2 aromatic carbocycles. The van der Waals surface area contributed by atoms with E-state index in [1.807, 2.05) is 25.1 Å². The Morgan fingerprint density at radius 2 is 1.67 bits per heavy atom. The molecular weight excluding hydrogens is 304 g/mol. The highest BCUT2D eigenvalue weighted by Crippen LogP contribution is 2.30. The standard InChI is InChI=1S/C19H22N2O3/c1-13(16-8-9-18(23-2)19(10-16)24-3)21-12-17(22)15-6-4-14(11-20)5-7-15/h4-10,13,17,21-22H,12H2,1-3H3. The Morgan fingerprint density at radius 1 is 1.04 bits per heavy atom. The maximum absolute atomic E-state index is 10.3. The van der Waals surface area contributed by atoms with Gasteiger partial charge >= 0.3 is 0 Å². The van der Waals surface area contributed by atoms with Crippen molar-refractivity contribution >= 4 is 0 Å². The molecule has 0 amide bonds. The van der Waals surface area contributed by atoms with Crippen molar-refractivity contribution in [2.45, 2.75) is 19.1 Å². The molecule has 2 atom stereocenters. The van der Waals surface area contributed by atoms with Crippen molar-refractivity contribution in [3.63, 3.8) is 0 Å². The topological polar surface area (TPSA) is 74.5 Å². The van der Waals surface area contributed by atoms with E-state index >= 15 is 0 Å². The van der Waals surface area contributed by atoms with Crippen LogP contribution in [0, 0.1) is 11.3 Å². The van der Waals surface area contributed by atoms with E-state index < -0.39 is 6.10 Å². The summed E-state index contributed by atoms with van der Waals surface area (Å²) in [5, 5.41) is 22.4. The van der Waals surface area contributed by atoms with Gasteiger partial charge in [-0.1, -0.05) is 18.2 Å². The molecule has 0 saturated heterocycles. The lowest BCUT2D eigenvalue weighted by Gasteiger charge is -2.19. The van der Waals surface area contributed by atoms with Gasteiger partial charge in [-0.3, -0.25) is 0 Å². The Hall–Kier alpha value is -2.55. The van der Waals surface area contributed by atoms with Crippen molar-refractivity contribution in [1.82, 2.24) is 5.32 Å². The fourth-order valence-electron chi connectivity index (χ4n) is 2.43. The van der Waals surface area contributed by atoms with Gasteiger partial charge in [-0.05, 0) is 42.3 Å². The van der Waals surface area contributed by atoms with Crippen LogP contribution in [0.4, 0.5) is 0 Å². The molecule has 126 valence electrons. The molecule has 0 aliphatic carbocycles. The van der Waals surface area contributed by atoms with E-state index in [2.05, 4.69) is 11.4 Å². The molecular formula is C19H22N2O3. The maximum atomic E-state index is 10.3. The van der Waals surface area contributed by atoms with E-state index in [0.29, 0.717) is 23.6 Å². The molecule has 0 aromatic heterocycles. The van der Waals surface area contributed by atoms with Crippen molar-refractivity contribution in [3.8, 4) is 17.6 Å². The number of benzene rings is 2. The Balaban J connectivity index is 1.99. The highest BCUT2D eigenvalue weighted by Gasteiger charge is 2.13. The first-order valence-electron chi connectivity index (χ1n) is 7.72. The van der Waals surface area contributed by atoms with E-state index in [9.17, 15) is 5.11 Å². The Bertz CT molecular complexity index is 708. The van der Waals surface area contributed by atoms with Crippen LogP contribution >= 0.6 is 0 Å². The highest BCUT2D eigenvalue weighted by molar-refractivity contribution is 5.43. The normalized spacial score (nSPS) is 13.0. The third-order valence-electron chi connectivity index (χ3n) is 3.95. The van der Waals surface area contributed by atoms with Crippen molar-refractivity contribution in [3.05, 3.63) is 59.2 Å². The van der Waals surface area contributed by atoms with Gasteiger partial charge in [0, 0.05) is 12.6 Å². The number of nitrogens with zero attached hydrogens (tertiary/aromatic N) is 1. The van der Waals surface area contributed by atoms with Crippen LogP contribution in [0.3, 0.4) is 0 Å². The van der Waals surface area contributed by atoms with Crippen molar-refractivity contribution in [2.75, 3.05) is 20.8 Å². The van der Waals surface area contributed by atoms with Crippen LogP contribution in [0.2, 0.25) is 0 Å². The number of rotatable bonds is 7. The molecule has 5 heteroatoms. The predicted molar refractivity (Wildman–Crippen MR) is 92.1 cm³/mol. The van der Waals surface area contributed by atoms with Crippen LogP contribution in [0.1, 0.15) is 35.8 Å². The van der Waals surface area contributed by atoms with Crippen molar-refractivity contribution < 1.29 is 14.6 Å². The number of ether oxygens (including phenoxy) is 2. The van der Waals surface area contributed by atoms with Crippen LogP contribution < -0.4 is 14.8 Å². The second-order valence-electron chi connectivity index (χ2n) is 5.49. The van der Waals surface area contributed by atoms with Crippen LogP contribution in [-0.4, -0.2) is 25.9 Å². The Labute approximate surface area is 142 Å².